The maximum absolute atomic E-state index is 11.3. The first-order valence-corrected chi connectivity index (χ1v) is 6.52. The van der Waals surface area contributed by atoms with E-state index in [4.69, 9.17) is 0 Å². The van der Waals surface area contributed by atoms with Gasteiger partial charge < -0.3 is 15.5 Å². The molecule has 0 aliphatic carbocycles. The lowest BCUT2D eigenvalue weighted by molar-refractivity contribution is -0.120. The highest BCUT2D eigenvalue weighted by Crippen LogP contribution is 2.09. The number of amides is 1. The van der Waals surface area contributed by atoms with Crippen molar-refractivity contribution in [2.45, 2.75) is 32.9 Å². The Hall–Kier alpha value is -1.69. The summed E-state index contributed by atoms with van der Waals surface area (Å²) in [5.41, 5.74) is 1.11. The quantitative estimate of drug-likeness (QED) is 0.821. The van der Waals surface area contributed by atoms with Crippen LogP contribution in [0.4, 0.5) is 5.95 Å². The maximum Gasteiger partial charge on any atom is 0.239 e. The fourth-order valence-electron chi connectivity index (χ4n) is 1.78. The largest absolute Gasteiger partial charge is 0.353 e. The highest BCUT2D eigenvalue weighted by atomic mass is 16.2. The van der Waals surface area contributed by atoms with Crippen LogP contribution in [0.1, 0.15) is 26.3 Å². The van der Waals surface area contributed by atoms with E-state index in [0.29, 0.717) is 19.0 Å². The number of carbonyl (C=O) groups excluding carboxylic acids is 1. The van der Waals surface area contributed by atoms with Gasteiger partial charge in [0.2, 0.25) is 11.9 Å². The monoisotopic (exact) mass is 263 g/mol. The fourth-order valence-corrected chi connectivity index (χ4v) is 1.78. The number of carbonyl (C=O) groups is 1. The first-order valence-electron chi connectivity index (χ1n) is 6.52. The predicted octanol–water partition coefficient (Wildman–Crippen LogP) is 0.301. The minimum Gasteiger partial charge on any atom is -0.353 e. The molecule has 1 aliphatic heterocycles. The Morgan fingerprint density at radius 1 is 1.37 bits per heavy atom. The molecule has 1 aromatic heterocycles. The molecule has 0 atom stereocenters. The van der Waals surface area contributed by atoms with Gasteiger partial charge in [0.25, 0.3) is 0 Å². The topological polar surface area (TPSA) is 70.2 Å². The van der Waals surface area contributed by atoms with Gasteiger partial charge in [0.15, 0.2) is 0 Å². The average Bonchev–Trinajstić information content (AvgIpc) is 2.36. The van der Waals surface area contributed by atoms with Crippen LogP contribution in [0.5, 0.6) is 0 Å². The normalized spacial score (nSPS) is 16.4. The van der Waals surface area contributed by atoms with E-state index in [1.165, 1.54) is 0 Å². The number of aromatic nitrogens is 2. The summed E-state index contributed by atoms with van der Waals surface area (Å²) < 4.78 is 0. The van der Waals surface area contributed by atoms with Crippen LogP contribution in [-0.4, -0.2) is 41.0 Å². The third-order valence-electron chi connectivity index (χ3n) is 2.84. The highest BCUT2D eigenvalue weighted by Gasteiger charge is 2.18. The van der Waals surface area contributed by atoms with E-state index in [1.54, 1.807) is 0 Å². The van der Waals surface area contributed by atoms with E-state index < -0.39 is 0 Å². The summed E-state index contributed by atoms with van der Waals surface area (Å²) in [4.78, 5) is 21.9. The van der Waals surface area contributed by atoms with Crippen LogP contribution < -0.4 is 15.5 Å². The molecule has 2 rings (SSSR count). The summed E-state index contributed by atoms with van der Waals surface area (Å²) in [6.45, 7) is 8.84. The van der Waals surface area contributed by atoms with Crippen LogP contribution in [-0.2, 0) is 11.3 Å². The Morgan fingerprint density at radius 3 is 2.63 bits per heavy atom. The van der Waals surface area contributed by atoms with Gasteiger partial charge in [-0.05, 0) is 20.8 Å². The van der Waals surface area contributed by atoms with Gasteiger partial charge in [0.05, 0.1) is 6.54 Å². The summed E-state index contributed by atoms with van der Waals surface area (Å²) in [5.74, 6) is 0.641. The van der Waals surface area contributed by atoms with Gasteiger partial charge in [-0.1, -0.05) is 0 Å². The molecule has 6 nitrogen and oxygen atoms in total. The number of piperazine rings is 1. The Bertz CT molecular complexity index is 437. The van der Waals surface area contributed by atoms with Crippen molar-refractivity contribution in [3.8, 4) is 0 Å². The zero-order chi connectivity index (χ0) is 13.9. The molecule has 1 amide bonds. The van der Waals surface area contributed by atoms with Gasteiger partial charge in [-0.2, -0.15) is 0 Å². The van der Waals surface area contributed by atoms with Gasteiger partial charge >= 0.3 is 0 Å². The van der Waals surface area contributed by atoms with E-state index in [2.05, 4.69) is 41.4 Å². The molecule has 0 aromatic carbocycles. The molecule has 2 heterocycles. The molecule has 104 valence electrons. The van der Waals surface area contributed by atoms with Crippen molar-refractivity contribution in [1.29, 1.82) is 0 Å². The number of hydrogen-bond donors (Lipinski definition) is 2. The molecule has 6 heteroatoms. The first-order chi connectivity index (χ1) is 8.94. The Morgan fingerprint density at radius 2 is 2.05 bits per heavy atom. The van der Waals surface area contributed by atoms with Crippen LogP contribution in [0.3, 0.4) is 0 Å². The van der Waals surface area contributed by atoms with Crippen molar-refractivity contribution in [2.75, 3.05) is 24.5 Å². The van der Waals surface area contributed by atoms with Crippen molar-refractivity contribution in [2.24, 2.45) is 0 Å². The lowest BCUT2D eigenvalue weighted by atomic mass is 10.1. The van der Waals surface area contributed by atoms with Crippen molar-refractivity contribution in [3.05, 3.63) is 18.0 Å². The van der Waals surface area contributed by atoms with E-state index in [1.807, 2.05) is 17.3 Å². The molecule has 0 unspecified atom stereocenters. The van der Waals surface area contributed by atoms with Crippen molar-refractivity contribution >= 4 is 11.9 Å². The number of rotatable bonds is 3. The molecule has 0 saturated carbocycles. The molecule has 1 aromatic rings. The summed E-state index contributed by atoms with van der Waals surface area (Å²) in [5, 5.41) is 6.17. The second-order valence-electron chi connectivity index (χ2n) is 5.77. The molecule has 0 bridgehead atoms. The summed E-state index contributed by atoms with van der Waals surface area (Å²) in [6.07, 6.45) is 3.63. The minimum atomic E-state index is 0.0216. The maximum atomic E-state index is 11.3. The molecule has 1 fully saturated rings. The van der Waals surface area contributed by atoms with Gasteiger partial charge in [-0.3, -0.25) is 4.79 Å². The predicted molar refractivity (Wildman–Crippen MR) is 73.8 cm³/mol. The lowest BCUT2D eigenvalue weighted by Crippen LogP contribution is -2.48. The van der Waals surface area contributed by atoms with Crippen LogP contribution in [0.2, 0.25) is 0 Å². The van der Waals surface area contributed by atoms with Crippen LogP contribution in [0, 0.1) is 0 Å². The first kappa shape index (κ1) is 13.7. The Balaban J connectivity index is 1.96. The van der Waals surface area contributed by atoms with E-state index in [9.17, 15) is 4.79 Å². The second kappa shape index (κ2) is 5.52. The number of hydrogen-bond acceptors (Lipinski definition) is 5. The number of nitrogens with one attached hydrogen (secondary N) is 2. The highest BCUT2D eigenvalue weighted by molar-refractivity contribution is 5.81. The number of anilines is 1. The molecule has 2 N–H and O–H groups in total. The van der Waals surface area contributed by atoms with Crippen molar-refractivity contribution in [1.82, 2.24) is 20.6 Å². The van der Waals surface area contributed by atoms with Gasteiger partial charge in [-0.25, -0.2) is 9.97 Å². The summed E-state index contributed by atoms with van der Waals surface area (Å²) >= 11 is 0. The lowest BCUT2D eigenvalue weighted by Gasteiger charge is -2.26. The fraction of sp³-hybridized carbons (Fsp3) is 0.615. The molecule has 1 saturated heterocycles. The Kier molecular flexibility index (Phi) is 3.99. The molecule has 1 aliphatic rings. The summed E-state index contributed by atoms with van der Waals surface area (Å²) in [7, 11) is 0. The SMILES string of the molecule is CC(C)(C)NCc1cnc(N2CCNC(=O)C2)nc1. The van der Waals surface area contributed by atoms with Crippen molar-refractivity contribution in [3.63, 3.8) is 0 Å². The van der Waals surface area contributed by atoms with Gasteiger partial charge in [0.1, 0.15) is 0 Å². The van der Waals surface area contributed by atoms with Gasteiger partial charge in [0, 0.05) is 43.1 Å². The molecule has 0 spiro atoms. The van der Waals surface area contributed by atoms with Crippen LogP contribution >= 0.6 is 0 Å². The molecule has 0 radical (unpaired) electrons. The standard InChI is InChI=1S/C13H21N5O/c1-13(2,3)17-8-10-6-15-12(16-7-10)18-5-4-14-11(19)9-18/h6-7,17H,4-5,8-9H2,1-3H3,(H,14,19). The summed E-state index contributed by atoms with van der Waals surface area (Å²) in [6, 6.07) is 0. The zero-order valence-electron chi connectivity index (χ0n) is 11.7. The van der Waals surface area contributed by atoms with Crippen LogP contribution in [0.15, 0.2) is 12.4 Å². The molecular formula is C13H21N5O. The third-order valence-corrected chi connectivity index (χ3v) is 2.84. The number of nitrogens with zero attached hydrogens (tertiary/aromatic N) is 3. The van der Waals surface area contributed by atoms with Crippen LogP contribution in [0.25, 0.3) is 0 Å². The van der Waals surface area contributed by atoms with E-state index in [-0.39, 0.29) is 11.4 Å². The van der Waals surface area contributed by atoms with Crippen molar-refractivity contribution < 1.29 is 4.79 Å². The zero-order valence-corrected chi connectivity index (χ0v) is 11.7. The smallest absolute Gasteiger partial charge is 0.239 e. The average molecular weight is 263 g/mol. The second-order valence-corrected chi connectivity index (χ2v) is 5.77. The van der Waals surface area contributed by atoms with E-state index >= 15 is 0 Å². The van der Waals surface area contributed by atoms with Gasteiger partial charge in [-0.15, -0.1) is 0 Å². The molecular weight excluding hydrogens is 242 g/mol. The third kappa shape index (κ3) is 4.17. The van der Waals surface area contributed by atoms with E-state index in [0.717, 1.165) is 18.7 Å². The Labute approximate surface area is 113 Å². The minimum absolute atomic E-state index is 0.0216. The molecule has 19 heavy (non-hydrogen) atoms.